The number of piperazine rings is 1. The summed E-state index contributed by atoms with van der Waals surface area (Å²) in [4.78, 5) is 28.8. The van der Waals surface area contributed by atoms with Gasteiger partial charge in [-0.25, -0.2) is 0 Å². The standard InChI is InChI=1S/C19H27N3O2/c1-14-5-3-4-6-16(14)13-18(23)22-11-9-21(10-12-22)15(2)19(24)20-17-7-8-17/h3-6,15,17H,7-13H2,1-2H3,(H,20,24). The van der Waals surface area contributed by atoms with Crippen molar-refractivity contribution in [3.63, 3.8) is 0 Å². The fourth-order valence-corrected chi connectivity index (χ4v) is 3.16. The monoisotopic (exact) mass is 329 g/mol. The third-order valence-electron chi connectivity index (χ3n) is 5.12. The Hall–Kier alpha value is -1.88. The zero-order chi connectivity index (χ0) is 17.1. The van der Waals surface area contributed by atoms with Crippen molar-refractivity contribution in [2.45, 2.75) is 45.2 Å². The van der Waals surface area contributed by atoms with Crippen molar-refractivity contribution in [3.8, 4) is 0 Å². The first-order valence-corrected chi connectivity index (χ1v) is 8.91. The molecule has 1 unspecified atom stereocenters. The van der Waals surface area contributed by atoms with Crippen molar-refractivity contribution in [1.82, 2.24) is 15.1 Å². The Morgan fingerprint density at radius 3 is 2.46 bits per heavy atom. The van der Waals surface area contributed by atoms with Gasteiger partial charge in [0.1, 0.15) is 0 Å². The van der Waals surface area contributed by atoms with Crippen LogP contribution < -0.4 is 5.32 Å². The summed E-state index contributed by atoms with van der Waals surface area (Å²) in [6.07, 6.45) is 2.68. The van der Waals surface area contributed by atoms with Crippen molar-refractivity contribution in [2.24, 2.45) is 0 Å². The highest BCUT2D eigenvalue weighted by Gasteiger charge is 2.30. The van der Waals surface area contributed by atoms with Crippen LogP contribution in [0.2, 0.25) is 0 Å². The largest absolute Gasteiger partial charge is 0.352 e. The second-order valence-electron chi connectivity index (χ2n) is 6.98. The normalized spacial score (nSPS) is 19.8. The lowest BCUT2D eigenvalue weighted by atomic mass is 10.1. The van der Waals surface area contributed by atoms with Gasteiger partial charge in [0.25, 0.3) is 0 Å². The smallest absolute Gasteiger partial charge is 0.237 e. The van der Waals surface area contributed by atoms with Crippen LogP contribution in [-0.4, -0.2) is 59.9 Å². The highest BCUT2D eigenvalue weighted by Crippen LogP contribution is 2.19. The molecular weight excluding hydrogens is 302 g/mol. The third-order valence-corrected chi connectivity index (χ3v) is 5.12. The Morgan fingerprint density at radius 2 is 1.83 bits per heavy atom. The molecular formula is C19H27N3O2. The molecule has 0 radical (unpaired) electrons. The molecule has 3 rings (SSSR count). The van der Waals surface area contributed by atoms with Crippen molar-refractivity contribution in [1.29, 1.82) is 0 Å². The van der Waals surface area contributed by atoms with Gasteiger partial charge in [0.2, 0.25) is 11.8 Å². The molecule has 1 atom stereocenters. The van der Waals surface area contributed by atoms with Gasteiger partial charge < -0.3 is 10.2 Å². The Kier molecular flexibility index (Phi) is 5.19. The average molecular weight is 329 g/mol. The first-order chi connectivity index (χ1) is 11.5. The van der Waals surface area contributed by atoms with Gasteiger partial charge in [0, 0.05) is 32.2 Å². The zero-order valence-electron chi connectivity index (χ0n) is 14.6. The Bertz CT molecular complexity index is 604. The molecule has 1 N–H and O–H groups in total. The van der Waals surface area contributed by atoms with E-state index in [9.17, 15) is 9.59 Å². The van der Waals surface area contributed by atoms with Crippen LogP contribution in [0.1, 0.15) is 30.9 Å². The molecule has 2 amide bonds. The molecule has 130 valence electrons. The van der Waals surface area contributed by atoms with E-state index in [0.717, 1.165) is 37.1 Å². The first kappa shape index (κ1) is 17.0. The number of rotatable bonds is 5. The van der Waals surface area contributed by atoms with Crippen LogP contribution in [0.5, 0.6) is 0 Å². The van der Waals surface area contributed by atoms with E-state index in [1.807, 2.05) is 43.0 Å². The van der Waals surface area contributed by atoms with Crippen LogP contribution in [0.15, 0.2) is 24.3 Å². The molecule has 0 spiro atoms. The Balaban J connectivity index is 1.48. The lowest BCUT2D eigenvalue weighted by Gasteiger charge is -2.37. The van der Waals surface area contributed by atoms with Gasteiger partial charge in [-0.15, -0.1) is 0 Å². The van der Waals surface area contributed by atoms with Gasteiger partial charge in [0.15, 0.2) is 0 Å². The minimum absolute atomic E-state index is 0.112. The maximum Gasteiger partial charge on any atom is 0.237 e. The molecule has 1 aromatic carbocycles. The number of aryl methyl sites for hydroxylation is 1. The van der Waals surface area contributed by atoms with Crippen LogP contribution in [0, 0.1) is 6.92 Å². The fraction of sp³-hybridized carbons (Fsp3) is 0.579. The molecule has 0 bridgehead atoms. The molecule has 1 aliphatic carbocycles. The third kappa shape index (κ3) is 4.15. The summed E-state index contributed by atoms with van der Waals surface area (Å²) in [7, 11) is 0. The van der Waals surface area contributed by atoms with Crippen molar-refractivity contribution in [3.05, 3.63) is 35.4 Å². The predicted octanol–water partition coefficient (Wildman–Crippen LogP) is 1.35. The number of carbonyl (C=O) groups is 2. The van der Waals surface area contributed by atoms with E-state index in [1.54, 1.807) is 0 Å². The van der Waals surface area contributed by atoms with Gasteiger partial charge in [0.05, 0.1) is 12.5 Å². The molecule has 1 saturated carbocycles. The Labute approximate surface area is 144 Å². The van der Waals surface area contributed by atoms with Gasteiger partial charge >= 0.3 is 0 Å². The average Bonchev–Trinajstić information content (AvgIpc) is 3.40. The lowest BCUT2D eigenvalue weighted by Crippen LogP contribution is -2.55. The van der Waals surface area contributed by atoms with Crippen LogP contribution in [0.4, 0.5) is 0 Å². The maximum atomic E-state index is 12.5. The van der Waals surface area contributed by atoms with E-state index in [1.165, 1.54) is 0 Å². The summed E-state index contributed by atoms with van der Waals surface area (Å²) in [5, 5.41) is 3.06. The Morgan fingerprint density at radius 1 is 1.17 bits per heavy atom. The molecule has 2 aliphatic rings. The zero-order valence-corrected chi connectivity index (χ0v) is 14.6. The highest BCUT2D eigenvalue weighted by molar-refractivity contribution is 5.82. The van der Waals surface area contributed by atoms with Crippen molar-refractivity contribution in [2.75, 3.05) is 26.2 Å². The van der Waals surface area contributed by atoms with E-state index in [0.29, 0.717) is 25.6 Å². The summed E-state index contributed by atoms with van der Waals surface area (Å²) < 4.78 is 0. The molecule has 2 fully saturated rings. The molecule has 24 heavy (non-hydrogen) atoms. The summed E-state index contributed by atoms with van der Waals surface area (Å²) in [6, 6.07) is 8.33. The van der Waals surface area contributed by atoms with E-state index < -0.39 is 0 Å². The van der Waals surface area contributed by atoms with Crippen LogP contribution in [-0.2, 0) is 16.0 Å². The fourth-order valence-electron chi connectivity index (χ4n) is 3.16. The van der Waals surface area contributed by atoms with E-state index in [4.69, 9.17) is 0 Å². The number of amides is 2. The second-order valence-corrected chi connectivity index (χ2v) is 6.98. The van der Waals surface area contributed by atoms with Crippen LogP contribution in [0.25, 0.3) is 0 Å². The van der Waals surface area contributed by atoms with Crippen molar-refractivity contribution >= 4 is 11.8 Å². The molecule has 5 nitrogen and oxygen atoms in total. The van der Waals surface area contributed by atoms with Crippen molar-refractivity contribution < 1.29 is 9.59 Å². The topological polar surface area (TPSA) is 52.7 Å². The minimum Gasteiger partial charge on any atom is -0.352 e. The molecule has 1 aliphatic heterocycles. The number of hydrogen-bond acceptors (Lipinski definition) is 3. The van der Waals surface area contributed by atoms with Crippen LogP contribution in [0.3, 0.4) is 0 Å². The van der Waals surface area contributed by atoms with Gasteiger partial charge in [-0.05, 0) is 37.8 Å². The van der Waals surface area contributed by atoms with Crippen LogP contribution >= 0.6 is 0 Å². The second kappa shape index (κ2) is 7.34. The minimum atomic E-state index is -0.112. The number of benzene rings is 1. The lowest BCUT2D eigenvalue weighted by molar-refractivity contribution is -0.133. The molecule has 1 heterocycles. The van der Waals surface area contributed by atoms with E-state index in [2.05, 4.69) is 10.2 Å². The quantitative estimate of drug-likeness (QED) is 0.887. The number of carbonyl (C=O) groups excluding carboxylic acids is 2. The van der Waals surface area contributed by atoms with Gasteiger partial charge in [-0.2, -0.15) is 0 Å². The summed E-state index contributed by atoms with van der Waals surface area (Å²) in [5.41, 5.74) is 2.26. The number of nitrogens with zero attached hydrogens (tertiary/aromatic N) is 2. The maximum absolute atomic E-state index is 12.5. The summed E-state index contributed by atoms with van der Waals surface area (Å²) >= 11 is 0. The predicted molar refractivity (Wildman–Crippen MR) is 93.7 cm³/mol. The summed E-state index contributed by atoms with van der Waals surface area (Å²) in [5.74, 6) is 0.302. The van der Waals surface area contributed by atoms with E-state index in [-0.39, 0.29) is 17.9 Å². The number of nitrogens with one attached hydrogen (secondary N) is 1. The molecule has 1 aromatic rings. The van der Waals surface area contributed by atoms with E-state index >= 15 is 0 Å². The summed E-state index contributed by atoms with van der Waals surface area (Å²) in [6.45, 7) is 6.93. The van der Waals surface area contributed by atoms with Gasteiger partial charge in [-0.1, -0.05) is 24.3 Å². The highest BCUT2D eigenvalue weighted by atomic mass is 16.2. The molecule has 0 aromatic heterocycles. The molecule has 1 saturated heterocycles. The SMILES string of the molecule is Cc1ccccc1CC(=O)N1CCN(C(C)C(=O)NC2CC2)CC1. The molecule has 5 heteroatoms. The van der Waals surface area contributed by atoms with Gasteiger partial charge in [-0.3, -0.25) is 14.5 Å². The number of hydrogen-bond donors (Lipinski definition) is 1. The first-order valence-electron chi connectivity index (χ1n) is 8.91.